The Morgan fingerprint density at radius 3 is 2.56 bits per heavy atom. The molecule has 3 heteroatoms. The van der Waals surface area contributed by atoms with Crippen molar-refractivity contribution in [2.75, 3.05) is 0 Å². The zero-order valence-electron chi connectivity index (χ0n) is 9.90. The van der Waals surface area contributed by atoms with Crippen LogP contribution in [0.1, 0.15) is 36.1 Å². The third kappa shape index (κ3) is 2.83. The van der Waals surface area contributed by atoms with E-state index in [0.717, 1.165) is 16.7 Å². The summed E-state index contributed by atoms with van der Waals surface area (Å²) in [6.45, 7) is 5.53. The third-order valence-electron chi connectivity index (χ3n) is 3.00. The van der Waals surface area contributed by atoms with Crippen LogP contribution in [0.4, 0.5) is 0 Å². The molecular formula is C13H18O3. The number of aryl methyl sites for hydroxylation is 1. The normalized spacial score (nSPS) is 14.5. The van der Waals surface area contributed by atoms with Crippen LogP contribution in [0.3, 0.4) is 0 Å². The fourth-order valence-corrected chi connectivity index (χ4v) is 1.70. The Morgan fingerprint density at radius 2 is 2.00 bits per heavy atom. The highest BCUT2D eigenvalue weighted by atomic mass is 16.4. The molecule has 0 aromatic heterocycles. The van der Waals surface area contributed by atoms with Crippen molar-refractivity contribution in [1.29, 1.82) is 0 Å². The van der Waals surface area contributed by atoms with E-state index in [1.54, 1.807) is 6.92 Å². The molecule has 0 aliphatic rings. The van der Waals surface area contributed by atoms with Gasteiger partial charge in [0.1, 0.15) is 0 Å². The van der Waals surface area contributed by atoms with Crippen molar-refractivity contribution in [3.8, 4) is 0 Å². The molecule has 88 valence electrons. The summed E-state index contributed by atoms with van der Waals surface area (Å²) in [6, 6.07) is 5.71. The van der Waals surface area contributed by atoms with Crippen molar-refractivity contribution in [3.63, 3.8) is 0 Å². The quantitative estimate of drug-likeness (QED) is 0.822. The molecule has 1 aromatic rings. The standard InChI is InChI=1S/C13H18O3/c1-8-5-4-6-11(10(8)3)12(14)7-9(2)13(15)16/h4-6,9,12,14H,7H2,1-3H3,(H,15,16). The predicted molar refractivity (Wildman–Crippen MR) is 62.3 cm³/mol. The van der Waals surface area contributed by atoms with E-state index in [4.69, 9.17) is 5.11 Å². The summed E-state index contributed by atoms with van der Waals surface area (Å²) in [5.41, 5.74) is 2.97. The Bertz CT molecular complexity index is 385. The lowest BCUT2D eigenvalue weighted by Crippen LogP contribution is -2.14. The van der Waals surface area contributed by atoms with Gasteiger partial charge in [-0.05, 0) is 37.0 Å². The van der Waals surface area contributed by atoms with Crippen LogP contribution >= 0.6 is 0 Å². The number of aliphatic hydroxyl groups excluding tert-OH is 1. The van der Waals surface area contributed by atoms with Gasteiger partial charge in [0.25, 0.3) is 0 Å². The minimum atomic E-state index is -0.871. The summed E-state index contributed by atoms with van der Waals surface area (Å²) in [5.74, 6) is -1.40. The number of aliphatic carboxylic acids is 1. The van der Waals surface area contributed by atoms with Crippen LogP contribution in [-0.2, 0) is 4.79 Å². The Morgan fingerprint density at radius 1 is 1.38 bits per heavy atom. The maximum absolute atomic E-state index is 10.7. The topological polar surface area (TPSA) is 57.5 Å². The van der Waals surface area contributed by atoms with E-state index < -0.39 is 18.0 Å². The van der Waals surface area contributed by atoms with E-state index in [1.165, 1.54) is 0 Å². The van der Waals surface area contributed by atoms with Gasteiger partial charge in [-0.25, -0.2) is 0 Å². The molecule has 0 bridgehead atoms. The first-order chi connectivity index (χ1) is 7.43. The van der Waals surface area contributed by atoms with Gasteiger partial charge in [-0.15, -0.1) is 0 Å². The molecule has 16 heavy (non-hydrogen) atoms. The van der Waals surface area contributed by atoms with Crippen LogP contribution in [0.2, 0.25) is 0 Å². The van der Waals surface area contributed by atoms with Gasteiger partial charge in [-0.2, -0.15) is 0 Å². The second-order valence-corrected chi connectivity index (χ2v) is 4.28. The van der Waals surface area contributed by atoms with Crippen LogP contribution in [0.15, 0.2) is 18.2 Å². The fourth-order valence-electron chi connectivity index (χ4n) is 1.70. The first-order valence-corrected chi connectivity index (χ1v) is 5.40. The molecule has 2 unspecified atom stereocenters. The van der Waals surface area contributed by atoms with Gasteiger partial charge in [0, 0.05) is 0 Å². The van der Waals surface area contributed by atoms with Crippen molar-refractivity contribution < 1.29 is 15.0 Å². The highest BCUT2D eigenvalue weighted by Crippen LogP contribution is 2.25. The minimum absolute atomic E-state index is 0.250. The predicted octanol–water partition coefficient (Wildman–Crippen LogP) is 2.45. The third-order valence-corrected chi connectivity index (χ3v) is 3.00. The number of aliphatic hydroxyl groups is 1. The number of benzene rings is 1. The Balaban J connectivity index is 2.84. The summed E-state index contributed by atoms with van der Waals surface area (Å²) < 4.78 is 0. The number of rotatable bonds is 4. The van der Waals surface area contributed by atoms with Crippen molar-refractivity contribution in [2.45, 2.75) is 33.3 Å². The molecule has 0 spiro atoms. The maximum Gasteiger partial charge on any atom is 0.306 e. The monoisotopic (exact) mass is 222 g/mol. The second kappa shape index (κ2) is 5.12. The summed E-state index contributed by atoms with van der Waals surface area (Å²) in [5, 5.41) is 18.8. The molecule has 3 nitrogen and oxygen atoms in total. The van der Waals surface area contributed by atoms with Crippen molar-refractivity contribution in [2.24, 2.45) is 5.92 Å². The number of carboxylic acids is 1. The molecule has 0 aliphatic carbocycles. The van der Waals surface area contributed by atoms with Crippen molar-refractivity contribution in [3.05, 3.63) is 34.9 Å². The molecule has 0 saturated carbocycles. The Labute approximate surface area is 95.7 Å². The molecule has 0 amide bonds. The molecule has 0 radical (unpaired) electrons. The molecule has 1 rings (SSSR count). The fraction of sp³-hybridized carbons (Fsp3) is 0.462. The first-order valence-electron chi connectivity index (χ1n) is 5.40. The van der Waals surface area contributed by atoms with Gasteiger partial charge < -0.3 is 10.2 Å². The van der Waals surface area contributed by atoms with Gasteiger partial charge in [0.15, 0.2) is 0 Å². The molecular weight excluding hydrogens is 204 g/mol. The van der Waals surface area contributed by atoms with E-state index >= 15 is 0 Å². The van der Waals surface area contributed by atoms with Crippen molar-refractivity contribution in [1.82, 2.24) is 0 Å². The van der Waals surface area contributed by atoms with Gasteiger partial charge in [-0.1, -0.05) is 25.1 Å². The zero-order valence-corrected chi connectivity index (χ0v) is 9.90. The van der Waals surface area contributed by atoms with E-state index in [0.29, 0.717) is 0 Å². The molecule has 2 atom stereocenters. The molecule has 0 fully saturated rings. The van der Waals surface area contributed by atoms with E-state index in [2.05, 4.69) is 0 Å². The molecule has 1 aromatic carbocycles. The average Bonchev–Trinajstić information content (AvgIpc) is 2.21. The molecule has 2 N–H and O–H groups in total. The van der Waals surface area contributed by atoms with Crippen LogP contribution < -0.4 is 0 Å². The van der Waals surface area contributed by atoms with Crippen LogP contribution in [0.5, 0.6) is 0 Å². The second-order valence-electron chi connectivity index (χ2n) is 4.28. The van der Waals surface area contributed by atoms with Crippen LogP contribution in [0.25, 0.3) is 0 Å². The van der Waals surface area contributed by atoms with Gasteiger partial charge in [0.05, 0.1) is 12.0 Å². The van der Waals surface area contributed by atoms with E-state index in [1.807, 2.05) is 32.0 Å². The SMILES string of the molecule is Cc1cccc(C(O)CC(C)C(=O)O)c1C. The van der Waals surface area contributed by atoms with Crippen LogP contribution in [0, 0.1) is 19.8 Å². The lowest BCUT2D eigenvalue weighted by atomic mass is 9.93. The number of hydrogen-bond donors (Lipinski definition) is 2. The Kier molecular flexibility index (Phi) is 4.07. The van der Waals surface area contributed by atoms with Gasteiger partial charge in [0.2, 0.25) is 0 Å². The number of carbonyl (C=O) groups is 1. The Hall–Kier alpha value is -1.35. The summed E-state index contributed by atoms with van der Waals surface area (Å²) in [6.07, 6.45) is -0.453. The van der Waals surface area contributed by atoms with Crippen molar-refractivity contribution >= 4 is 5.97 Å². The number of hydrogen-bond acceptors (Lipinski definition) is 2. The lowest BCUT2D eigenvalue weighted by Gasteiger charge is -2.17. The van der Waals surface area contributed by atoms with E-state index in [9.17, 15) is 9.90 Å². The smallest absolute Gasteiger partial charge is 0.306 e. The lowest BCUT2D eigenvalue weighted by molar-refractivity contribution is -0.142. The highest BCUT2D eigenvalue weighted by molar-refractivity contribution is 5.69. The summed E-state index contributed by atoms with van der Waals surface area (Å²) in [4.78, 5) is 10.7. The maximum atomic E-state index is 10.7. The van der Waals surface area contributed by atoms with Crippen LogP contribution in [-0.4, -0.2) is 16.2 Å². The zero-order chi connectivity index (χ0) is 12.3. The molecule has 0 saturated heterocycles. The highest BCUT2D eigenvalue weighted by Gasteiger charge is 2.19. The largest absolute Gasteiger partial charge is 0.481 e. The molecule has 0 heterocycles. The number of carboxylic acid groups (broad SMARTS) is 1. The average molecular weight is 222 g/mol. The van der Waals surface area contributed by atoms with Gasteiger partial charge >= 0.3 is 5.97 Å². The van der Waals surface area contributed by atoms with E-state index in [-0.39, 0.29) is 6.42 Å². The summed E-state index contributed by atoms with van der Waals surface area (Å²) in [7, 11) is 0. The first kappa shape index (κ1) is 12.7. The minimum Gasteiger partial charge on any atom is -0.481 e. The molecule has 0 aliphatic heterocycles. The summed E-state index contributed by atoms with van der Waals surface area (Å²) >= 11 is 0. The van der Waals surface area contributed by atoms with Gasteiger partial charge in [-0.3, -0.25) is 4.79 Å².